The van der Waals surface area contributed by atoms with Crippen LogP contribution < -0.4 is 10.9 Å². The zero-order valence-corrected chi connectivity index (χ0v) is 21.4. The van der Waals surface area contributed by atoms with Gasteiger partial charge in [0.2, 0.25) is 11.5 Å². The highest BCUT2D eigenvalue weighted by Crippen LogP contribution is 2.35. The first-order valence-electron chi connectivity index (χ1n) is 12.1. The summed E-state index contributed by atoms with van der Waals surface area (Å²) >= 11 is 1.46. The summed E-state index contributed by atoms with van der Waals surface area (Å²) in [5.74, 6) is 0.00732. The van der Waals surface area contributed by atoms with Gasteiger partial charge in [0.25, 0.3) is 0 Å². The minimum atomic E-state index is -4.65. The van der Waals surface area contributed by atoms with Crippen molar-refractivity contribution in [3.8, 4) is 0 Å². The summed E-state index contributed by atoms with van der Waals surface area (Å²) in [6.07, 6.45) is -3.16. The fraction of sp³-hybridized carbons (Fsp3) is 0.172. The minimum absolute atomic E-state index is 0.0967. The molecule has 200 valence electrons. The Morgan fingerprint density at radius 3 is 2.59 bits per heavy atom. The van der Waals surface area contributed by atoms with Crippen LogP contribution in [0.2, 0.25) is 0 Å². The second-order valence-corrected chi connectivity index (χ2v) is 10.0. The Morgan fingerprint density at radius 1 is 1.00 bits per heavy atom. The van der Waals surface area contributed by atoms with E-state index in [0.29, 0.717) is 11.3 Å². The number of alkyl halides is 3. The second-order valence-electron chi connectivity index (χ2n) is 9.00. The number of furan rings is 1. The highest BCUT2D eigenvalue weighted by molar-refractivity contribution is 7.09. The Hall–Kier alpha value is -4.15. The molecule has 5 aromatic rings. The standard InChI is InChI=1S/C29H24F3N3O3S/c30-29(31,32)24-8-2-1-7-23(24)27(33-16-19-9-11-25-20(15-19)10-12-26(36)34-25)28(37)35(17-21-5-3-13-38-21)18-22-6-4-14-39-22/h1-15,27,33H,16-18H2,(H,34,36). The molecule has 0 spiro atoms. The number of nitrogens with one attached hydrogen (secondary N) is 2. The lowest BCUT2D eigenvalue weighted by Gasteiger charge is -2.29. The number of aromatic nitrogens is 1. The molecule has 0 radical (unpaired) electrons. The lowest BCUT2D eigenvalue weighted by atomic mass is 9.98. The molecule has 0 aliphatic carbocycles. The van der Waals surface area contributed by atoms with Crippen LogP contribution in [0, 0.1) is 0 Å². The van der Waals surface area contributed by atoms with Crippen molar-refractivity contribution in [2.24, 2.45) is 0 Å². The number of benzene rings is 2. The monoisotopic (exact) mass is 551 g/mol. The van der Waals surface area contributed by atoms with Crippen LogP contribution >= 0.6 is 11.3 Å². The molecular weight excluding hydrogens is 527 g/mol. The maximum absolute atomic E-state index is 14.1. The van der Waals surface area contributed by atoms with Gasteiger partial charge in [0.15, 0.2) is 0 Å². The number of fused-ring (bicyclic) bond motifs is 1. The summed E-state index contributed by atoms with van der Waals surface area (Å²) in [4.78, 5) is 30.8. The Balaban J connectivity index is 1.50. The van der Waals surface area contributed by atoms with Crippen LogP contribution in [0.25, 0.3) is 10.9 Å². The Bertz CT molecular complexity index is 1580. The van der Waals surface area contributed by atoms with Crippen molar-refractivity contribution in [3.05, 3.63) is 128 Å². The third-order valence-electron chi connectivity index (χ3n) is 6.29. The van der Waals surface area contributed by atoms with E-state index in [9.17, 15) is 22.8 Å². The topological polar surface area (TPSA) is 78.3 Å². The largest absolute Gasteiger partial charge is 0.467 e. The van der Waals surface area contributed by atoms with Crippen LogP contribution in [0.15, 0.2) is 99.7 Å². The number of amides is 1. The van der Waals surface area contributed by atoms with E-state index in [1.165, 1.54) is 46.8 Å². The van der Waals surface area contributed by atoms with Gasteiger partial charge in [0.1, 0.15) is 11.8 Å². The maximum Gasteiger partial charge on any atom is 0.416 e. The number of rotatable bonds is 9. The first kappa shape index (κ1) is 26.5. The van der Waals surface area contributed by atoms with Crippen molar-refractivity contribution in [2.75, 3.05) is 0 Å². The number of carbonyl (C=O) groups excluding carboxylic acids is 1. The third-order valence-corrected chi connectivity index (χ3v) is 7.15. The number of nitrogens with zero attached hydrogens (tertiary/aromatic N) is 1. The smallest absolute Gasteiger partial charge is 0.416 e. The van der Waals surface area contributed by atoms with E-state index in [1.54, 1.807) is 30.3 Å². The normalized spacial score (nSPS) is 12.5. The first-order chi connectivity index (χ1) is 18.8. The average Bonchev–Trinajstić information content (AvgIpc) is 3.63. The fourth-order valence-corrected chi connectivity index (χ4v) is 5.17. The fourth-order valence-electron chi connectivity index (χ4n) is 4.45. The predicted molar refractivity (Wildman–Crippen MR) is 143 cm³/mol. The zero-order chi connectivity index (χ0) is 27.4. The van der Waals surface area contributed by atoms with Crippen molar-refractivity contribution in [1.29, 1.82) is 0 Å². The molecule has 6 nitrogen and oxygen atoms in total. The highest BCUT2D eigenvalue weighted by Gasteiger charge is 2.38. The van der Waals surface area contributed by atoms with Crippen LogP contribution in [0.4, 0.5) is 13.2 Å². The van der Waals surface area contributed by atoms with Gasteiger partial charge in [0.05, 0.1) is 24.9 Å². The van der Waals surface area contributed by atoms with Gasteiger partial charge in [0, 0.05) is 23.0 Å². The lowest BCUT2D eigenvalue weighted by Crippen LogP contribution is -2.40. The molecule has 0 aliphatic rings. The SMILES string of the molecule is O=C(C(NCc1ccc2[nH]c(=O)ccc2c1)c1ccccc1C(F)(F)F)N(Cc1ccco1)Cc1cccs1. The first-order valence-corrected chi connectivity index (χ1v) is 13.0. The molecule has 3 aromatic heterocycles. The summed E-state index contributed by atoms with van der Waals surface area (Å²) < 4.78 is 47.6. The number of thiophene rings is 1. The third kappa shape index (κ3) is 6.30. The number of pyridine rings is 1. The molecule has 10 heteroatoms. The molecule has 1 atom stereocenters. The molecule has 2 aromatic carbocycles. The van der Waals surface area contributed by atoms with Gasteiger partial charge >= 0.3 is 6.18 Å². The molecule has 1 amide bonds. The van der Waals surface area contributed by atoms with Crippen LogP contribution in [0.5, 0.6) is 0 Å². The quantitative estimate of drug-likeness (QED) is 0.227. The van der Waals surface area contributed by atoms with Crippen molar-refractivity contribution in [1.82, 2.24) is 15.2 Å². The number of H-pyrrole nitrogens is 1. The molecule has 5 rings (SSSR count). The van der Waals surface area contributed by atoms with E-state index in [-0.39, 0.29) is 30.8 Å². The van der Waals surface area contributed by atoms with Gasteiger partial charge in [-0.3, -0.25) is 14.9 Å². The summed E-state index contributed by atoms with van der Waals surface area (Å²) in [6.45, 7) is 0.428. The van der Waals surface area contributed by atoms with Gasteiger partial charge in [-0.25, -0.2) is 0 Å². The van der Waals surface area contributed by atoms with Crippen molar-refractivity contribution >= 4 is 28.1 Å². The summed E-state index contributed by atoms with van der Waals surface area (Å²) in [5.41, 5.74) is 0.122. The van der Waals surface area contributed by atoms with Crippen LogP contribution in [-0.2, 0) is 30.6 Å². The van der Waals surface area contributed by atoms with Crippen LogP contribution in [0.1, 0.15) is 33.4 Å². The number of halogens is 3. The van der Waals surface area contributed by atoms with E-state index in [2.05, 4.69) is 10.3 Å². The van der Waals surface area contributed by atoms with Crippen LogP contribution in [-0.4, -0.2) is 15.8 Å². The predicted octanol–water partition coefficient (Wildman–Crippen LogP) is 6.26. The Morgan fingerprint density at radius 2 is 1.85 bits per heavy atom. The van der Waals surface area contributed by atoms with Crippen LogP contribution in [0.3, 0.4) is 0 Å². The van der Waals surface area contributed by atoms with Gasteiger partial charge in [-0.15, -0.1) is 11.3 Å². The Labute approximate surface area is 225 Å². The molecular formula is C29H24F3N3O3S. The van der Waals surface area contributed by atoms with Gasteiger partial charge in [-0.2, -0.15) is 13.2 Å². The molecule has 2 N–H and O–H groups in total. The van der Waals surface area contributed by atoms with E-state index in [1.807, 2.05) is 23.6 Å². The zero-order valence-electron chi connectivity index (χ0n) is 20.6. The lowest BCUT2D eigenvalue weighted by molar-refractivity contribution is -0.140. The van der Waals surface area contributed by atoms with E-state index in [0.717, 1.165) is 21.9 Å². The van der Waals surface area contributed by atoms with Gasteiger partial charge < -0.3 is 14.3 Å². The average molecular weight is 552 g/mol. The van der Waals surface area contributed by atoms with Crippen molar-refractivity contribution in [2.45, 2.75) is 31.9 Å². The number of hydrogen-bond acceptors (Lipinski definition) is 5. The van der Waals surface area contributed by atoms with Gasteiger partial charge in [-0.05, 0) is 64.4 Å². The molecule has 0 fully saturated rings. The highest BCUT2D eigenvalue weighted by atomic mass is 32.1. The second kappa shape index (κ2) is 11.3. The Kier molecular flexibility index (Phi) is 7.67. The summed E-state index contributed by atoms with van der Waals surface area (Å²) in [6, 6.07) is 19.4. The maximum atomic E-state index is 14.1. The molecule has 0 aliphatic heterocycles. The van der Waals surface area contributed by atoms with E-state index in [4.69, 9.17) is 4.42 Å². The minimum Gasteiger partial charge on any atom is -0.467 e. The molecule has 0 saturated heterocycles. The summed E-state index contributed by atoms with van der Waals surface area (Å²) in [7, 11) is 0. The summed E-state index contributed by atoms with van der Waals surface area (Å²) in [5, 5.41) is 5.74. The number of aromatic amines is 1. The number of hydrogen-bond donors (Lipinski definition) is 2. The molecule has 1 unspecified atom stereocenters. The molecule has 0 saturated carbocycles. The van der Waals surface area contributed by atoms with Crippen molar-refractivity contribution < 1.29 is 22.4 Å². The molecule has 39 heavy (non-hydrogen) atoms. The van der Waals surface area contributed by atoms with Gasteiger partial charge in [-0.1, -0.05) is 30.3 Å². The number of carbonyl (C=O) groups is 1. The molecule has 0 bridgehead atoms. The van der Waals surface area contributed by atoms with E-state index >= 15 is 0 Å². The van der Waals surface area contributed by atoms with E-state index < -0.39 is 23.7 Å². The molecule has 3 heterocycles. The van der Waals surface area contributed by atoms with Crippen molar-refractivity contribution in [3.63, 3.8) is 0 Å².